The van der Waals surface area contributed by atoms with Gasteiger partial charge >= 0.3 is 0 Å². The molecule has 3 rings (SSSR count). The van der Waals surface area contributed by atoms with E-state index in [-0.39, 0.29) is 5.91 Å². The first-order chi connectivity index (χ1) is 9.75. The average molecular weight is 280 g/mol. The van der Waals surface area contributed by atoms with Crippen molar-refractivity contribution in [2.75, 3.05) is 26.7 Å². The van der Waals surface area contributed by atoms with Crippen molar-refractivity contribution in [3.05, 3.63) is 0 Å². The lowest BCUT2D eigenvalue weighted by atomic mass is 10.0. The van der Waals surface area contributed by atoms with Crippen LogP contribution in [0, 0.1) is 0 Å². The number of carbonyl (C=O) groups excluding carboxylic acids is 1. The largest absolute Gasteiger partial charge is 0.368 e. The molecule has 1 amide bonds. The maximum Gasteiger partial charge on any atom is 0.248 e. The van der Waals surface area contributed by atoms with E-state index < -0.39 is 0 Å². The number of likely N-dealkylation sites (tertiary alicyclic amines) is 2. The van der Waals surface area contributed by atoms with Crippen molar-refractivity contribution in [2.45, 2.75) is 69.6 Å². The van der Waals surface area contributed by atoms with Crippen molar-refractivity contribution >= 4 is 5.91 Å². The predicted octanol–water partition coefficient (Wildman–Crippen LogP) is 2.03. The number of rotatable bonds is 4. The Morgan fingerprint density at radius 3 is 2.40 bits per heavy atom. The third-order valence-electron chi connectivity index (χ3n) is 5.39. The molecule has 1 saturated carbocycles. The van der Waals surface area contributed by atoms with Crippen LogP contribution in [0.25, 0.3) is 0 Å². The van der Waals surface area contributed by atoms with E-state index in [2.05, 4.69) is 16.8 Å². The zero-order valence-electron chi connectivity index (χ0n) is 12.7. The molecule has 3 aliphatic rings. The zero-order valence-corrected chi connectivity index (χ0v) is 12.7. The molecule has 3 fully saturated rings. The topological polar surface area (TPSA) is 32.8 Å². The van der Waals surface area contributed by atoms with Gasteiger partial charge in [-0.3, -0.25) is 4.79 Å². The molecule has 0 aromatic carbocycles. The summed E-state index contributed by atoms with van der Waals surface area (Å²) < 4.78 is 5.81. The lowest BCUT2D eigenvalue weighted by Gasteiger charge is -2.33. The second-order valence-electron chi connectivity index (χ2n) is 6.70. The van der Waals surface area contributed by atoms with Crippen LogP contribution in [0.3, 0.4) is 0 Å². The highest BCUT2D eigenvalue weighted by molar-refractivity contribution is 5.78. The number of amides is 1. The van der Waals surface area contributed by atoms with Crippen LogP contribution in [0.2, 0.25) is 0 Å². The van der Waals surface area contributed by atoms with Crippen LogP contribution in [0.4, 0.5) is 0 Å². The fraction of sp³-hybridized carbons (Fsp3) is 0.938. The molecule has 1 aliphatic carbocycles. The van der Waals surface area contributed by atoms with Gasteiger partial charge in [0, 0.05) is 18.6 Å². The van der Waals surface area contributed by atoms with Crippen LogP contribution in [-0.4, -0.2) is 60.6 Å². The normalized spacial score (nSPS) is 32.4. The van der Waals surface area contributed by atoms with Crippen molar-refractivity contribution in [3.63, 3.8) is 0 Å². The van der Waals surface area contributed by atoms with Gasteiger partial charge in [-0.1, -0.05) is 12.8 Å². The van der Waals surface area contributed by atoms with Crippen molar-refractivity contribution in [2.24, 2.45) is 0 Å². The van der Waals surface area contributed by atoms with E-state index >= 15 is 0 Å². The molecule has 20 heavy (non-hydrogen) atoms. The van der Waals surface area contributed by atoms with Gasteiger partial charge in [0.05, 0.1) is 6.10 Å². The number of hydrogen-bond acceptors (Lipinski definition) is 3. The Hall–Kier alpha value is -0.610. The minimum absolute atomic E-state index is 0.222. The lowest BCUT2D eigenvalue weighted by molar-refractivity contribution is -0.139. The van der Waals surface area contributed by atoms with Crippen molar-refractivity contribution in [1.29, 1.82) is 0 Å². The van der Waals surface area contributed by atoms with E-state index in [1.165, 1.54) is 38.6 Å². The Labute approximate surface area is 122 Å². The highest BCUT2D eigenvalue weighted by Crippen LogP contribution is 2.29. The average Bonchev–Trinajstić information content (AvgIpc) is 3.16. The highest BCUT2D eigenvalue weighted by atomic mass is 16.5. The van der Waals surface area contributed by atoms with Gasteiger partial charge in [0.15, 0.2) is 0 Å². The standard InChI is InChI=1S/C16H28N2O2/c1-17-10-4-8-14(17)15-9-5-11-18(15)16(19)12-20-13-6-2-3-7-13/h13-15H,2-12H2,1H3/t14-,15-/m0/s1. The van der Waals surface area contributed by atoms with Crippen LogP contribution in [-0.2, 0) is 9.53 Å². The maximum absolute atomic E-state index is 12.5. The fourth-order valence-corrected chi connectivity index (χ4v) is 4.25. The van der Waals surface area contributed by atoms with Crippen molar-refractivity contribution < 1.29 is 9.53 Å². The molecular formula is C16H28N2O2. The molecule has 2 heterocycles. The van der Waals surface area contributed by atoms with E-state index in [4.69, 9.17) is 4.74 Å². The number of carbonyl (C=O) groups is 1. The summed E-state index contributed by atoms with van der Waals surface area (Å²) in [6.07, 6.45) is 10.00. The number of nitrogens with zero attached hydrogens (tertiary/aromatic N) is 2. The molecule has 4 heteroatoms. The molecule has 0 aromatic rings. The van der Waals surface area contributed by atoms with Gasteiger partial charge in [-0.25, -0.2) is 0 Å². The highest BCUT2D eigenvalue weighted by Gasteiger charge is 2.38. The van der Waals surface area contributed by atoms with Crippen molar-refractivity contribution in [3.8, 4) is 0 Å². The Kier molecular flexibility index (Phi) is 4.61. The van der Waals surface area contributed by atoms with Gasteiger partial charge < -0.3 is 14.5 Å². The van der Waals surface area contributed by atoms with Gasteiger partial charge in [-0.05, 0) is 52.1 Å². The minimum Gasteiger partial charge on any atom is -0.368 e. The molecule has 0 aromatic heterocycles. The van der Waals surface area contributed by atoms with E-state index in [9.17, 15) is 4.79 Å². The summed E-state index contributed by atoms with van der Waals surface area (Å²) in [5, 5.41) is 0. The molecule has 0 bridgehead atoms. The zero-order chi connectivity index (χ0) is 13.9. The maximum atomic E-state index is 12.5. The van der Waals surface area contributed by atoms with Gasteiger partial charge in [0.25, 0.3) is 0 Å². The summed E-state index contributed by atoms with van der Waals surface area (Å²) in [5.41, 5.74) is 0. The Morgan fingerprint density at radius 2 is 1.70 bits per heavy atom. The molecule has 2 atom stereocenters. The van der Waals surface area contributed by atoms with Crippen LogP contribution < -0.4 is 0 Å². The SMILES string of the molecule is CN1CCC[C@H]1[C@@H]1CCCN1C(=O)COC1CCCC1. The first-order valence-corrected chi connectivity index (χ1v) is 8.37. The summed E-state index contributed by atoms with van der Waals surface area (Å²) in [5.74, 6) is 0.222. The molecule has 0 N–H and O–H groups in total. The third-order valence-corrected chi connectivity index (χ3v) is 5.39. The van der Waals surface area contributed by atoms with Gasteiger partial charge in [-0.2, -0.15) is 0 Å². The number of ether oxygens (including phenoxy) is 1. The van der Waals surface area contributed by atoms with Crippen LogP contribution >= 0.6 is 0 Å². The fourth-order valence-electron chi connectivity index (χ4n) is 4.25. The minimum atomic E-state index is 0.222. The van der Waals surface area contributed by atoms with Gasteiger partial charge in [0.1, 0.15) is 6.61 Å². The number of likely N-dealkylation sites (N-methyl/N-ethyl adjacent to an activating group) is 1. The molecule has 2 saturated heterocycles. The smallest absolute Gasteiger partial charge is 0.248 e. The monoisotopic (exact) mass is 280 g/mol. The predicted molar refractivity (Wildman–Crippen MR) is 78.6 cm³/mol. The number of hydrogen-bond donors (Lipinski definition) is 0. The molecular weight excluding hydrogens is 252 g/mol. The third kappa shape index (κ3) is 3.01. The quantitative estimate of drug-likeness (QED) is 0.790. The van der Waals surface area contributed by atoms with Crippen LogP contribution in [0.15, 0.2) is 0 Å². The van der Waals surface area contributed by atoms with E-state index in [1.807, 2.05) is 0 Å². The Balaban J connectivity index is 1.52. The summed E-state index contributed by atoms with van der Waals surface area (Å²) in [6, 6.07) is 1.01. The first-order valence-electron chi connectivity index (χ1n) is 8.37. The second kappa shape index (κ2) is 6.44. The molecule has 4 nitrogen and oxygen atoms in total. The summed E-state index contributed by atoms with van der Waals surface area (Å²) >= 11 is 0. The van der Waals surface area contributed by atoms with E-state index in [1.54, 1.807) is 0 Å². The molecule has 0 spiro atoms. The molecule has 0 radical (unpaired) electrons. The summed E-state index contributed by atoms with van der Waals surface area (Å²) in [7, 11) is 2.20. The Morgan fingerprint density at radius 1 is 1.00 bits per heavy atom. The first kappa shape index (κ1) is 14.3. The van der Waals surface area contributed by atoms with Crippen LogP contribution in [0.1, 0.15) is 51.4 Å². The summed E-state index contributed by atoms with van der Waals surface area (Å²) in [4.78, 5) is 17.0. The van der Waals surface area contributed by atoms with E-state index in [0.29, 0.717) is 24.8 Å². The lowest BCUT2D eigenvalue weighted by Crippen LogP contribution is -2.48. The van der Waals surface area contributed by atoms with Gasteiger partial charge in [-0.15, -0.1) is 0 Å². The van der Waals surface area contributed by atoms with E-state index in [0.717, 1.165) is 25.8 Å². The second-order valence-corrected chi connectivity index (χ2v) is 6.70. The molecule has 2 aliphatic heterocycles. The van der Waals surface area contributed by atoms with Crippen molar-refractivity contribution in [1.82, 2.24) is 9.80 Å². The summed E-state index contributed by atoms with van der Waals surface area (Å²) in [6.45, 7) is 2.42. The van der Waals surface area contributed by atoms with Crippen LogP contribution in [0.5, 0.6) is 0 Å². The Bertz CT molecular complexity index is 341. The molecule has 0 unspecified atom stereocenters. The van der Waals surface area contributed by atoms with Gasteiger partial charge in [0.2, 0.25) is 5.91 Å². The molecule has 114 valence electrons.